The molecule has 3 aromatic rings. The number of anilines is 1. The third-order valence-electron chi connectivity index (χ3n) is 4.27. The molecule has 2 aromatic heterocycles. The number of hydrogen-bond acceptors (Lipinski definition) is 5. The number of carbonyl (C=O) groups excluding carboxylic acids is 2. The van der Waals surface area contributed by atoms with Crippen molar-refractivity contribution in [3.8, 4) is 5.82 Å². The van der Waals surface area contributed by atoms with Gasteiger partial charge in [-0.15, -0.1) is 0 Å². The lowest BCUT2D eigenvalue weighted by molar-refractivity contribution is -0.123. The Bertz CT molecular complexity index is 1010. The SMILES string of the molecule is Cc1cc(C)n(-c2ccc(C(=O)OC(C)C(=O)Nc3ccccc3C)cn2)n1. The van der Waals surface area contributed by atoms with E-state index in [9.17, 15) is 9.59 Å². The average Bonchev–Trinajstić information content (AvgIpc) is 3.01. The second kappa shape index (κ2) is 8.04. The molecule has 0 radical (unpaired) electrons. The molecule has 3 rings (SSSR count). The lowest BCUT2D eigenvalue weighted by Crippen LogP contribution is -2.30. The van der Waals surface area contributed by atoms with Crippen LogP contribution >= 0.6 is 0 Å². The fourth-order valence-electron chi connectivity index (χ4n) is 2.72. The Kier molecular flexibility index (Phi) is 5.54. The van der Waals surface area contributed by atoms with E-state index in [4.69, 9.17) is 4.74 Å². The van der Waals surface area contributed by atoms with Crippen LogP contribution in [-0.2, 0) is 9.53 Å². The fraction of sp³-hybridized carbons (Fsp3) is 0.238. The second-order valence-corrected chi connectivity index (χ2v) is 6.60. The highest BCUT2D eigenvalue weighted by molar-refractivity contribution is 5.97. The molecule has 1 unspecified atom stereocenters. The number of para-hydroxylation sites is 1. The molecule has 0 aliphatic heterocycles. The van der Waals surface area contributed by atoms with Gasteiger partial charge in [-0.3, -0.25) is 4.79 Å². The summed E-state index contributed by atoms with van der Waals surface area (Å²) in [6.07, 6.45) is 0.475. The van der Waals surface area contributed by atoms with E-state index in [0.29, 0.717) is 11.5 Å². The number of hydrogen-bond donors (Lipinski definition) is 1. The van der Waals surface area contributed by atoms with Crippen molar-refractivity contribution in [1.82, 2.24) is 14.8 Å². The summed E-state index contributed by atoms with van der Waals surface area (Å²) >= 11 is 0. The number of rotatable bonds is 5. The number of amides is 1. The van der Waals surface area contributed by atoms with Crippen LogP contribution in [0.1, 0.15) is 34.2 Å². The first-order valence-corrected chi connectivity index (χ1v) is 8.92. The van der Waals surface area contributed by atoms with Gasteiger partial charge in [-0.2, -0.15) is 5.10 Å². The molecule has 1 amide bonds. The van der Waals surface area contributed by atoms with Crippen LogP contribution in [0, 0.1) is 20.8 Å². The second-order valence-electron chi connectivity index (χ2n) is 6.60. The third kappa shape index (κ3) is 4.25. The first-order chi connectivity index (χ1) is 13.3. The first-order valence-electron chi connectivity index (χ1n) is 8.92. The topological polar surface area (TPSA) is 86.1 Å². The zero-order valence-electron chi connectivity index (χ0n) is 16.3. The van der Waals surface area contributed by atoms with E-state index in [1.165, 1.54) is 13.1 Å². The Balaban J connectivity index is 1.64. The number of ether oxygens (including phenoxy) is 1. The predicted octanol–water partition coefficient (Wildman–Crippen LogP) is 3.38. The minimum absolute atomic E-state index is 0.265. The zero-order valence-corrected chi connectivity index (χ0v) is 16.3. The van der Waals surface area contributed by atoms with Gasteiger partial charge in [0, 0.05) is 17.6 Å². The van der Waals surface area contributed by atoms with Gasteiger partial charge in [0.05, 0.1) is 11.3 Å². The molecule has 0 saturated heterocycles. The Labute approximate surface area is 163 Å². The number of nitrogens with zero attached hydrogens (tertiary/aromatic N) is 3. The third-order valence-corrected chi connectivity index (χ3v) is 4.27. The van der Waals surface area contributed by atoms with E-state index >= 15 is 0 Å². The summed E-state index contributed by atoms with van der Waals surface area (Å²) in [5.74, 6) is -0.401. The maximum Gasteiger partial charge on any atom is 0.340 e. The molecule has 0 aliphatic rings. The minimum Gasteiger partial charge on any atom is -0.449 e. The fourth-order valence-corrected chi connectivity index (χ4v) is 2.72. The van der Waals surface area contributed by atoms with Crippen LogP contribution in [0.4, 0.5) is 5.69 Å². The molecule has 7 heteroatoms. The van der Waals surface area contributed by atoms with Crippen LogP contribution in [-0.4, -0.2) is 32.7 Å². The monoisotopic (exact) mass is 378 g/mol. The van der Waals surface area contributed by atoms with Crippen molar-refractivity contribution in [1.29, 1.82) is 0 Å². The predicted molar refractivity (Wildman–Crippen MR) is 106 cm³/mol. The number of benzene rings is 1. The van der Waals surface area contributed by atoms with Crippen molar-refractivity contribution < 1.29 is 14.3 Å². The quantitative estimate of drug-likeness (QED) is 0.688. The number of aromatic nitrogens is 3. The van der Waals surface area contributed by atoms with Crippen LogP contribution in [0.3, 0.4) is 0 Å². The highest BCUT2D eigenvalue weighted by atomic mass is 16.5. The van der Waals surface area contributed by atoms with Crippen molar-refractivity contribution in [2.45, 2.75) is 33.8 Å². The van der Waals surface area contributed by atoms with Gasteiger partial charge in [-0.05, 0) is 57.5 Å². The van der Waals surface area contributed by atoms with E-state index in [1.807, 2.05) is 45.0 Å². The zero-order chi connectivity index (χ0) is 20.3. The maximum absolute atomic E-state index is 12.3. The largest absolute Gasteiger partial charge is 0.449 e. The van der Waals surface area contributed by atoms with Crippen molar-refractivity contribution in [3.05, 3.63) is 71.2 Å². The van der Waals surface area contributed by atoms with Gasteiger partial charge in [0.15, 0.2) is 11.9 Å². The summed E-state index contributed by atoms with van der Waals surface area (Å²) in [5.41, 5.74) is 3.71. The van der Waals surface area contributed by atoms with Crippen molar-refractivity contribution in [3.63, 3.8) is 0 Å². The van der Waals surface area contributed by atoms with E-state index in [-0.39, 0.29) is 5.56 Å². The number of esters is 1. The van der Waals surface area contributed by atoms with Gasteiger partial charge < -0.3 is 10.1 Å². The van der Waals surface area contributed by atoms with Crippen LogP contribution < -0.4 is 5.32 Å². The molecule has 7 nitrogen and oxygen atoms in total. The number of pyridine rings is 1. The number of aryl methyl sites for hydroxylation is 3. The Morgan fingerprint density at radius 3 is 2.46 bits per heavy atom. The van der Waals surface area contributed by atoms with Gasteiger partial charge in [-0.1, -0.05) is 18.2 Å². The van der Waals surface area contributed by atoms with Gasteiger partial charge in [-0.25, -0.2) is 14.5 Å². The molecule has 0 saturated carbocycles. The van der Waals surface area contributed by atoms with Crippen LogP contribution in [0.15, 0.2) is 48.7 Å². The highest BCUT2D eigenvalue weighted by Crippen LogP contribution is 2.15. The molecule has 144 valence electrons. The van der Waals surface area contributed by atoms with Gasteiger partial charge >= 0.3 is 5.97 Å². The van der Waals surface area contributed by atoms with Crippen molar-refractivity contribution in [2.75, 3.05) is 5.32 Å². The van der Waals surface area contributed by atoms with Crippen LogP contribution in [0.25, 0.3) is 5.82 Å². The average molecular weight is 378 g/mol. The highest BCUT2D eigenvalue weighted by Gasteiger charge is 2.20. The van der Waals surface area contributed by atoms with Crippen LogP contribution in [0.2, 0.25) is 0 Å². The molecule has 28 heavy (non-hydrogen) atoms. The molecule has 0 spiro atoms. The Morgan fingerprint density at radius 1 is 1.11 bits per heavy atom. The molecular weight excluding hydrogens is 356 g/mol. The van der Waals surface area contributed by atoms with Gasteiger partial charge in [0.25, 0.3) is 5.91 Å². The summed E-state index contributed by atoms with van der Waals surface area (Å²) in [5, 5.41) is 7.12. The molecule has 0 aliphatic carbocycles. The minimum atomic E-state index is -0.942. The van der Waals surface area contributed by atoms with E-state index < -0.39 is 18.0 Å². The van der Waals surface area contributed by atoms with E-state index in [1.54, 1.807) is 22.9 Å². The summed E-state index contributed by atoms with van der Waals surface area (Å²) in [7, 11) is 0. The van der Waals surface area contributed by atoms with E-state index in [0.717, 1.165) is 17.0 Å². The first kappa shape index (κ1) is 19.3. The molecule has 1 N–H and O–H groups in total. The Hall–Kier alpha value is -3.48. The molecule has 0 fully saturated rings. The smallest absolute Gasteiger partial charge is 0.340 e. The summed E-state index contributed by atoms with van der Waals surface area (Å²) in [4.78, 5) is 28.9. The Morgan fingerprint density at radius 2 is 1.86 bits per heavy atom. The lowest BCUT2D eigenvalue weighted by atomic mass is 10.2. The summed E-state index contributed by atoms with van der Waals surface area (Å²) < 4.78 is 6.97. The molecule has 2 heterocycles. The lowest BCUT2D eigenvalue weighted by Gasteiger charge is -2.14. The van der Waals surface area contributed by atoms with Gasteiger partial charge in [0.1, 0.15) is 0 Å². The number of carbonyl (C=O) groups is 2. The molecule has 1 atom stereocenters. The molecule has 0 bridgehead atoms. The molecule has 1 aromatic carbocycles. The van der Waals surface area contributed by atoms with Crippen LogP contribution in [0.5, 0.6) is 0 Å². The maximum atomic E-state index is 12.3. The van der Waals surface area contributed by atoms with E-state index in [2.05, 4.69) is 15.4 Å². The number of nitrogens with one attached hydrogen (secondary N) is 1. The standard InChI is InChI=1S/C21H22N4O3/c1-13-7-5-6-8-18(13)23-20(26)16(4)28-21(27)17-9-10-19(22-12-17)25-15(3)11-14(2)24-25/h5-12,16H,1-4H3,(H,23,26). The van der Waals surface area contributed by atoms with Gasteiger partial charge in [0.2, 0.25) is 0 Å². The normalized spacial score (nSPS) is 11.7. The van der Waals surface area contributed by atoms with Crippen molar-refractivity contribution >= 4 is 17.6 Å². The van der Waals surface area contributed by atoms with Crippen molar-refractivity contribution in [2.24, 2.45) is 0 Å². The summed E-state index contributed by atoms with van der Waals surface area (Å²) in [6.45, 7) is 7.25. The molecular formula is C21H22N4O3. The summed E-state index contributed by atoms with van der Waals surface area (Å²) in [6, 6.07) is 12.6.